The van der Waals surface area contributed by atoms with Crippen LogP contribution in [-0.2, 0) is 5.60 Å². The number of amides is 1. The van der Waals surface area contributed by atoms with Crippen LogP contribution in [0.2, 0.25) is 0 Å². The number of carboxylic acid groups (broad SMARTS) is 1. The Morgan fingerprint density at radius 1 is 1.28 bits per heavy atom. The van der Waals surface area contributed by atoms with Crippen LogP contribution in [0.25, 0.3) is 0 Å². The van der Waals surface area contributed by atoms with Crippen LogP contribution < -0.4 is 9.80 Å². The summed E-state index contributed by atoms with van der Waals surface area (Å²) in [5, 5.41) is 29.4. The van der Waals surface area contributed by atoms with Gasteiger partial charge >= 0.3 is 6.09 Å². The van der Waals surface area contributed by atoms with E-state index in [-0.39, 0.29) is 44.1 Å². The number of aromatic nitrogens is 2. The van der Waals surface area contributed by atoms with Gasteiger partial charge in [-0.1, -0.05) is 25.5 Å². The summed E-state index contributed by atoms with van der Waals surface area (Å²) in [6.45, 7) is 7.06. The maximum Gasteiger partial charge on any atom is 0.413 e. The molecule has 1 saturated carbocycles. The fourth-order valence-corrected chi connectivity index (χ4v) is 4.81. The van der Waals surface area contributed by atoms with Crippen LogP contribution in [-0.4, -0.2) is 45.3 Å². The lowest BCUT2D eigenvalue weighted by Crippen LogP contribution is -2.45. The number of aliphatic hydroxyl groups is 1. The molecule has 210 valence electrons. The maximum atomic E-state index is 15.2. The van der Waals surface area contributed by atoms with Crippen molar-refractivity contribution in [1.82, 2.24) is 9.97 Å². The molecule has 10 heteroatoms. The first-order valence-electron chi connectivity index (χ1n) is 13.2. The van der Waals surface area contributed by atoms with Gasteiger partial charge in [0, 0.05) is 37.3 Å². The first-order chi connectivity index (χ1) is 18.4. The Kier molecular flexibility index (Phi) is 9.62. The summed E-state index contributed by atoms with van der Waals surface area (Å²) in [5.74, 6) is -4.17. The summed E-state index contributed by atoms with van der Waals surface area (Å²) < 4.78 is 30.5. The number of aryl methyl sites for hydroxylation is 1. The number of alkyl halides is 2. The van der Waals surface area contributed by atoms with E-state index in [4.69, 9.17) is 0 Å². The lowest BCUT2D eigenvalue weighted by molar-refractivity contribution is -0.0930. The molecule has 1 fully saturated rings. The molecule has 39 heavy (non-hydrogen) atoms. The molecule has 0 spiro atoms. The first-order valence-corrected chi connectivity index (χ1v) is 13.2. The predicted molar refractivity (Wildman–Crippen MR) is 146 cm³/mol. The molecule has 1 amide bonds. The summed E-state index contributed by atoms with van der Waals surface area (Å²) in [7, 11) is 0. The Hall–Kier alpha value is -3.58. The van der Waals surface area contributed by atoms with Gasteiger partial charge in [-0.3, -0.25) is 9.88 Å². The zero-order valence-corrected chi connectivity index (χ0v) is 22.9. The molecule has 2 aromatic rings. The zero-order valence-electron chi connectivity index (χ0n) is 22.9. The van der Waals surface area contributed by atoms with Crippen molar-refractivity contribution in [3.63, 3.8) is 0 Å². The molecule has 0 bridgehead atoms. The third kappa shape index (κ3) is 7.73. The second-order valence-corrected chi connectivity index (χ2v) is 10.7. The molecule has 8 nitrogen and oxygen atoms in total. The minimum absolute atomic E-state index is 0.00702. The molecule has 3 rings (SSSR count). The fraction of sp³-hybridized carbons (Fsp3) is 0.517. The van der Waals surface area contributed by atoms with E-state index in [2.05, 4.69) is 16.0 Å². The smallest absolute Gasteiger partial charge is 0.413 e. The van der Waals surface area contributed by atoms with E-state index in [1.165, 1.54) is 12.4 Å². The monoisotopic (exact) mass is 541 g/mol. The number of allylic oxidation sites excluding steroid dienone is 1. The standard InChI is InChI=1S/C29H37F2N5O3/c1-5-6-7-12-35(24-14-21(15-32)9-8-20(24)2)19-23-13-22(10-11-29(23,30)31)18-36(27(37)38)26-17-33-25(16-34-26)28(3,4)39/h7-9,12,14,16-17,22-23,39H,5-6,10-11,13,18-19H2,1-4H3,(H,37,38)/b12-7+. The van der Waals surface area contributed by atoms with Crippen molar-refractivity contribution in [1.29, 1.82) is 5.26 Å². The van der Waals surface area contributed by atoms with Crippen molar-refractivity contribution >= 4 is 17.6 Å². The van der Waals surface area contributed by atoms with Crippen LogP contribution in [0.4, 0.5) is 25.1 Å². The van der Waals surface area contributed by atoms with Gasteiger partial charge in [0.25, 0.3) is 5.92 Å². The fourth-order valence-electron chi connectivity index (χ4n) is 4.81. The molecular formula is C29H37F2N5O3. The zero-order chi connectivity index (χ0) is 28.8. The Labute approximate surface area is 228 Å². The highest BCUT2D eigenvalue weighted by atomic mass is 19.3. The third-order valence-electron chi connectivity index (χ3n) is 7.12. The van der Waals surface area contributed by atoms with E-state index in [0.29, 0.717) is 16.9 Å². The van der Waals surface area contributed by atoms with E-state index in [0.717, 1.165) is 23.3 Å². The number of unbranched alkanes of at least 4 members (excludes halogenated alkanes) is 1. The largest absolute Gasteiger partial charge is 0.465 e. The van der Waals surface area contributed by atoms with Gasteiger partial charge in [-0.05, 0) is 63.6 Å². The Morgan fingerprint density at radius 2 is 2.03 bits per heavy atom. The van der Waals surface area contributed by atoms with Gasteiger partial charge in [0.1, 0.15) is 5.60 Å². The highest BCUT2D eigenvalue weighted by Crippen LogP contribution is 2.43. The van der Waals surface area contributed by atoms with Gasteiger partial charge in [0.2, 0.25) is 0 Å². The topological polar surface area (TPSA) is 114 Å². The van der Waals surface area contributed by atoms with E-state index in [9.17, 15) is 20.3 Å². The average Bonchev–Trinajstić information content (AvgIpc) is 2.88. The van der Waals surface area contributed by atoms with Crippen molar-refractivity contribution in [2.24, 2.45) is 11.8 Å². The van der Waals surface area contributed by atoms with E-state index in [1.807, 2.05) is 32.2 Å². The van der Waals surface area contributed by atoms with Crippen LogP contribution in [0.1, 0.15) is 69.7 Å². The summed E-state index contributed by atoms with van der Waals surface area (Å²) in [6.07, 6.45) is 6.77. The minimum atomic E-state index is -2.92. The molecule has 1 heterocycles. The quantitative estimate of drug-likeness (QED) is 0.366. The van der Waals surface area contributed by atoms with Gasteiger partial charge in [-0.2, -0.15) is 5.26 Å². The average molecular weight is 542 g/mol. The molecule has 2 N–H and O–H groups in total. The lowest BCUT2D eigenvalue weighted by atomic mass is 9.78. The minimum Gasteiger partial charge on any atom is -0.465 e. The number of rotatable bonds is 10. The van der Waals surface area contributed by atoms with E-state index < -0.39 is 23.5 Å². The number of benzene rings is 1. The molecule has 2 atom stereocenters. The first kappa shape index (κ1) is 30.0. The van der Waals surface area contributed by atoms with Crippen LogP contribution in [0, 0.1) is 30.1 Å². The maximum absolute atomic E-state index is 15.2. The predicted octanol–water partition coefficient (Wildman–Crippen LogP) is 6.24. The lowest BCUT2D eigenvalue weighted by Gasteiger charge is -2.39. The van der Waals surface area contributed by atoms with Crippen molar-refractivity contribution < 1.29 is 23.8 Å². The summed E-state index contributed by atoms with van der Waals surface area (Å²) in [4.78, 5) is 23.2. The summed E-state index contributed by atoms with van der Waals surface area (Å²) in [5.41, 5.74) is 1.08. The van der Waals surface area contributed by atoms with Crippen molar-refractivity contribution in [2.75, 3.05) is 22.9 Å². The van der Waals surface area contributed by atoms with Crippen LogP contribution in [0.15, 0.2) is 42.9 Å². The third-order valence-corrected chi connectivity index (χ3v) is 7.12. The van der Waals surface area contributed by atoms with Gasteiger partial charge in [0.15, 0.2) is 5.82 Å². The Bertz CT molecular complexity index is 1200. The SMILES string of the molecule is CCC/C=C/N(CC1CC(CN(C(=O)O)c2cnc(C(C)(C)O)cn2)CCC1(F)F)c1cc(C#N)ccc1C. The van der Waals surface area contributed by atoms with Crippen molar-refractivity contribution in [2.45, 2.75) is 71.3 Å². The normalized spacial score (nSPS) is 19.0. The Balaban J connectivity index is 1.84. The second kappa shape index (κ2) is 12.5. The molecule has 1 aromatic heterocycles. The number of hydrogen-bond donors (Lipinski definition) is 2. The highest BCUT2D eigenvalue weighted by molar-refractivity contribution is 5.84. The Morgan fingerprint density at radius 3 is 2.62 bits per heavy atom. The second-order valence-electron chi connectivity index (χ2n) is 10.7. The molecular weight excluding hydrogens is 504 g/mol. The van der Waals surface area contributed by atoms with Gasteiger partial charge in [-0.25, -0.2) is 18.6 Å². The van der Waals surface area contributed by atoms with Crippen LogP contribution in [0.5, 0.6) is 0 Å². The number of carbonyl (C=O) groups is 1. The number of anilines is 2. The van der Waals surface area contributed by atoms with E-state index >= 15 is 8.78 Å². The van der Waals surface area contributed by atoms with E-state index in [1.54, 1.807) is 30.9 Å². The summed E-state index contributed by atoms with van der Waals surface area (Å²) >= 11 is 0. The molecule has 1 aliphatic rings. The van der Waals surface area contributed by atoms with Crippen LogP contribution >= 0.6 is 0 Å². The molecule has 0 aliphatic heterocycles. The van der Waals surface area contributed by atoms with Crippen molar-refractivity contribution in [3.05, 3.63) is 59.7 Å². The number of nitrogens with zero attached hydrogens (tertiary/aromatic N) is 5. The van der Waals surface area contributed by atoms with Gasteiger partial charge in [0.05, 0.1) is 29.7 Å². The number of nitriles is 1. The number of hydrogen-bond acceptors (Lipinski definition) is 6. The van der Waals surface area contributed by atoms with Gasteiger partial charge < -0.3 is 15.1 Å². The molecule has 0 saturated heterocycles. The number of halogens is 2. The molecule has 2 unspecified atom stereocenters. The summed E-state index contributed by atoms with van der Waals surface area (Å²) in [6, 6.07) is 7.35. The van der Waals surface area contributed by atoms with Crippen LogP contribution in [0.3, 0.4) is 0 Å². The molecule has 1 aliphatic carbocycles. The molecule has 0 radical (unpaired) electrons. The van der Waals surface area contributed by atoms with Gasteiger partial charge in [-0.15, -0.1) is 0 Å². The molecule has 1 aromatic carbocycles. The van der Waals surface area contributed by atoms with Crippen molar-refractivity contribution in [3.8, 4) is 6.07 Å². The highest BCUT2D eigenvalue weighted by Gasteiger charge is 2.45.